The molecule has 3 aromatic carbocycles. The maximum Gasteiger partial charge on any atom is 0.284 e. The molecule has 1 amide bonds. The van der Waals surface area contributed by atoms with E-state index in [1.807, 2.05) is 24.3 Å². The quantitative estimate of drug-likeness (QED) is 0.193. The van der Waals surface area contributed by atoms with Crippen LogP contribution in [0.3, 0.4) is 0 Å². The van der Waals surface area contributed by atoms with Crippen molar-refractivity contribution >= 4 is 22.6 Å². The third-order valence-electron chi connectivity index (χ3n) is 8.16. The number of carbonyl (C=O) groups is 1. The molecule has 1 fully saturated rings. The van der Waals surface area contributed by atoms with E-state index in [2.05, 4.69) is 20.7 Å². The van der Waals surface area contributed by atoms with Crippen LogP contribution in [0, 0.1) is 11.6 Å². The van der Waals surface area contributed by atoms with Gasteiger partial charge in [0, 0.05) is 36.8 Å². The van der Waals surface area contributed by atoms with Crippen LogP contribution in [-0.4, -0.2) is 56.8 Å². The fourth-order valence-electron chi connectivity index (χ4n) is 5.63. The number of hydrogen-bond donors (Lipinski definition) is 2. The van der Waals surface area contributed by atoms with Crippen molar-refractivity contribution in [3.8, 4) is 28.8 Å². The van der Waals surface area contributed by atoms with E-state index in [-0.39, 0.29) is 34.5 Å². The number of piperidine rings is 1. The molecule has 0 radical (unpaired) electrons. The van der Waals surface area contributed by atoms with E-state index in [0.29, 0.717) is 30.0 Å². The molecule has 1 atom stereocenters. The molecule has 2 N–H and O–H groups in total. The molecule has 254 valence electrons. The molecule has 14 heteroatoms. The molecule has 1 aliphatic heterocycles. The molecule has 3 aromatic heterocycles. The smallest absolute Gasteiger partial charge is 0.284 e. The van der Waals surface area contributed by atoms with Crippen LogP contribution in [0.2, 0.25) is 0 Å². The molecule has 6 aromatic rings. The van der Waals surface area contributed by atoms with Gasteiger partial charge in [0.15, 0.2) is 17.2 Å². The molecule has 12 nitrogen and oxygen atoms in total. The number of methoxy groups -OCH3 is 1. The molecule has 0 saturated carbocycles. The van der Waals surface area contributed by atoms with E-state index in [0.717, 1.165) is 41.4 Å². The highest BCUT2D eigenvalue weighted by atomic mass is 19.1. The maximum absolute atomic E-state index is 15.5. The molecule has 7 rings (SSSR count). The zero-order valence-electron chi connectivity index (χ0n) is 26.8. The number of nitrogens with one attached hydrogen (secondary N) is 2. The Labute approximate surface area is 284 Å². The van der Waals surface area contributed by atoms with Crippen LogP contribution in [0.4, 0.5) is 14.5 Å². The number of ether oxygens (including phenoxy) is 3. The first kappa shape index (κ1) is 32.4. The fraction of sp³-hybridized carbons (Fsp3) is 0.194. The van der Waals surface area contributed by atoms with Crippen molar-refractivity contribution in [3.05, 3.63) is 124 Å². The van der Waals surface area contributed by atoms with E-state index in [1.54, 1.807) is 24.1 Å². The summed E-state index contributed by atoms with van der Waals surface area (Å²) in [6, 6.07) is 19.4. The van der Waals surface area contributed by atoms with Gasteiger partial charge in [-0.05, 0) is 79.5 Å². The van der Waals surface area contributed by atoms with Gasteiger partial charge in [0.2, 0.25) is 5.88 Å². The van der Waals surface area contributed by atoms with Crippen molar-refractivity contribution < 1.29 is 27.8 Å². The first-order chi connectivity index (χ1) is 24.4. The Morgan fingerprint density at radius 2 is 1.82 bits per heavy atom. The predicted octanol–water partition coefficient (Wildman–Crippen LogP) is 5.49. The first-order valence-electron chi connectivity index (χ1n) is 15.8. The number of amides is 1. The second-order valence-corrected chi connectivity index (χ2v) is 11.5. The second kappa shape index (κ2) is 14.1. The van der Waals surface area contributed by atoms with Crippen molar-refractivity contribution in [3.63, 3.8) is 0 Å². The highest BCUT2D eigenvalue weighted by molar-refractivity contribution is 6.04. The second-order valence-electron chi connectivity index (χ2n) is 11.5. The molecule has 4 heterocycles. The van der Waals surface area contributed by atoms with E-state index >= 15 is 4.39 Å². The first-order valence-corrected chi connectivity index (χ1v) is 15.8. The van der Waals surface area contributed by atoms with Crippen LogP contribution in [-0.2, 0) is 6.54 Å². The van der Waals surface area contributed by atoms with Gasteiger partial charge in [-0.3, -0.25) is 9.59 Å². The topological polar surface area (TPSA) is 134 Å². The highest BCUT2D eigenvalue weighted by Gasteiger charge is 2.24. The Kier molecular flexibility index (Phi) is 9.16. The zero-order valence-corrected chi connectivity index (χ0v) is 26.8. The minimum Gasteiger partial charge on any atom is -0.497 e. The number of hydrogen-bond acceptors (Lipinski definition) is 9. The molecular weight excluding hydrogens is 648 g/mol. The van der Waals surface area contributed by atoms with Crippen LogP contribution in [0.15, 0.2) is 96.1 Å². The van der Waals surface area contributed by atoms with Crippen LogP contribution < -0.4 is 30.4 Å². The monoisotopic (exact) mass is 679 g/mol. The van der Waals surface area contributed by atoms with Gasteiger partial charge in [-0.15, -0.1) is 5.10 Å². The van der Waals surface area contributed by atoms with E-state index in [1.165, 1.54) is 48.7 Å². The average molecular weight is 680 g/mol. The molecule has 0 bridgehead atoms. The van der Waals surface area contributed by atoms with Crippen molar-refractivity contribution in [2.24, 2.45) is 0 Å². The van der Waals surface area contributed by atoms with Crippen molar-refractivity contribution in [1.82, 2.24) is 29.9 Å². The number of anilines is 1. The van der Waals surface area contributed by atoms with Crippen molar-refractivity contribution in [2.75, 3.05) is 25.5 Å². The normalized spacial score (nSPS) is 14.3. The summed E-state index contributed by atoms with van der Waals surface area (Å²) in [6.07, 6.45) is 4.50. The zero-order chi connectivity index (χ0) is 34.6. The third kappa shape index (κ3) is 6.87. The Hall–Kier alpha value is -6.15. The molecule has 1 aliphatic rings. The molecule has 1 unspecified atom stereocenters. The summed E-state index contributed by atoms with van der Waals surface area (Å²) >= 11 is 0. The van der Waals surface area contributed by atoms with Gasteiger partial charge in [-0.25, -0.2) is 18.4 Å². The Bertz CT molecular complexity index is 2220. The molecule has 50 heavy (non-hydrogen) atoms. The summed E-state index contributed by atoms with van der Waals surface area (Å²) in [5, 5.41) is 15.1. The Morgan fingerprint density at radius 3 is 2.56 bits per heavy atom. The van der Waals surface area contributed by atoms with Crippen LogP contribution in [0.1, 0.15) is 28.8 Å². The van der Waals surface area contributed by atoms with Crippen molar-refractivity contribution in [2.45, 2.75) is 25.5 Å². The van der Waals surface area contributed by atoms with Gasteiger partial charge in [-0.1, -0.05) is 12.1 Å². The van der Waals surface area contributed by atoms with Gasteiger partial charge in [0.25, 0.3) is 11.5 Å². The summed E-state index contributed by atoms with van der Waals surface area (Å²) in [5.41, 5.74) is 0.846. The largest absolute Gasteiger partial charge is 0.497 e. The molecule has 0 aliphatic carbocycles. The molecule has 0 spiro atoms. The van der Waals surface area contributed by atoms with Crippen LogP contribution in [0.25, 0.3) is 16.7 Å². The number of carbonyl (C=O) groups excluding carboxylic acids is 1. The fourth-order valence-corrected chi connectivity index (χ4v) is 5.63. The van der Waals surface area contributed by atoms with Gasteiger partial charge < -0.3 is 24.8 Å². The lowest BCUT2D eigenvalue weighted by molar-refractivity contribution is 0.102. The van der Waals surface area contributed by atoms with E-state index in [4.69, 9.17) is 19.3 Å². The molecular formula is C36H31F2N7O5. The number of nitrogens with zero attached hydrogens (tertiary/aromatic N) is 5. The summed E-state index contributed by atoms with van der Waals surface area (Å²) in [4.78, 5) is 30.7. The Morgan fingerprint density at radius 1 is 1.00 bits per heavy atom. The standard InChI is InChI=1S/C36H31F2N7O5/c1-48-26-11-4-22(5-12-26)21-44-33-32(35(43-44)49-27-3-2-16-39-20-27)31(15-17-40-33)50-30-13-8-24(19-29(30)38)42-34(46)28-14-18-41-45(36(28)47)25-9-6-23(37)7-10-25/h4-15,17-19,27,39H,2-3,16,20-21H2,1H3,(H,42,46). The number of fused-ring (bicyclic) bond motifs is 1. The van der Waals surface area contributed by atoms with Gasteiger partial charge in [-0.2, -0.15) is 9.78 Å². The van der Waals surface area contributed by atoms with E-state index in [9.17, 15) is 14.0 Å². The van der Waals surface area contributed by atoms with Crippen LogP contribution in [0.5, 0.6) is 23.1 Å². The summed E-state index contributed by atoms with van der Waals surface area (Å²) < 4.78 is 49.4. The molecule has 1 saturated heterocycles. The number of halogens is 2. The van der Waals surface area contributed by atoms with Crippen LogP contribution >= 0.6 is 0 Å². The number of benzene rings is 3. The van der Waals surface area contributed by atoms with Gasteiger partial charge in [0.1, 0.15) is 34.4 Å². The SMILES string of the molecule is COc1ccc(Cn2nc(OC3CCCNC3)c3c(Oc4ccc(NC(=O)c5ccnn(-c6ccc(F)cc6)c5=O)cc4F)ccnc32)cc1. The lowest BCUT2D eigenvalue weighted by Gasteiger charge is -2.23. The summed E-state index contributed by atoms with van der Waals surface area (Å²) in [6.45, 7) is 1.96. The lowest BCUT2D eigenvalue weighted by Crippen LogP contribution is -2.37. The van der Waals surface area contributed by atoms with Gasteiger partial charge in [0.05, 0.1) is 19.3 Å². The summed E-state index contributed by atoms with van der Waals surface area (Å²) in [5.74, 6) is -0.815. The maximum atomic E-state index is 15.5. The number of pyridine rings is 1. The average Bonchev–Trinajstić information content (AvgIpc) is 3.47. The lowest BCUT2D eigenvalue weighted by atomic mass is 10.1. The minimum atomic E-state index is -0.777. The van der Waals surface area contributed by atoms with Gasteiger partial charge >= 0.3 is 0 Å². The van der Waals surface area contributed by atoms with Crippen molar-refractivity contribution in [1.29, 1.82) is 0 Å². The number of aromatic nitrogens is 5. The highest BCUT2D eigenvalue weighted by Crippen LogP contribution is 2.37. The third-order valence-corrected chi connectivity index (χ3v) is 8.16. The predicted molar refractivity (Wildman–Crippen MR) is 180 cm³/mol. The Balaban J connectivity index is 1.15. The number of rotatable bonds is 10. The summed E-state index contributed by atoms with van der Waals surface area (Å²) in [7, 11) is 1.61. The van der Waals surface area contributed by atoms with E-state index < -0.39 is 23.1 Å². The minimum absolute atomic E-state index is 0.0883.